The number of halogens is 1. The molecular formula is C23H34IN3O4S. The number of ether oxygens (including phenoxy) is 2. The normalized spacial score (nSPS) is 12.5. The van der Waals surface area contributed by atoms with Crippen LogP contribution in [0.4, 0.5) is 0 Å². The quantitative estimate of drug-likeness (QED) is 0.249. The van der Waals surface area contributed by atoms with E-state index in [2.05, 4.69) is 22.5 Å². The van der Waals surface area contributed by atoms with E-state index in [0.717, 1.165) is 29.2 Å². The lowest BCUT2D eigenvalue weighted by Crippen LogP contribution is -2.38. The smallest absolute Gasteiger partial charge is 0.192 e. The van der Waals surface area contributed by atoms with E-state index in [1.165, 1.54) is 6.26 Å². The highest BCUT2D eigenvalue weighted by Gasteiger charge is 2.13. The van der Waals surface area contributed by atoms with E-state index in [9.17, 15) is 8.42 Å². The van der Waals surface area contributed by atoms with Crippen molar-refractivity contribution >= 4 is 39.8 Å². The number of aliphatic imine (C=N–C) groups is 1. The van der Waals surface area contributed by atoms with Gasteiger partial charge in [0.05, 0.1) is 30.7 Å². The maximum Gasteiger partial charge on any atom is 0.192 e. The molecular weight excluding hydrogens is 541 g/mol. The number of rotatable bonds is 10. The number of nitrogens with one attached hydrogen (secondary N) is 2. The van der Waals surface area contributed by atoms with Gasteiger partial charge >= 0.3 is 0 Å². The summed E-state index contributed by atoms with van der Waals surface area (Å²) in [6, 6.07) is 12.7. The van der Waals surface area contributed by atoms with Crippen LogP contribution in [0, 0.1) is 0 Å². The zero-order valence-electron chi connectivity index (χ0n) is 19.3. The summed E-state index contributed by atoms with van der Waals surface area (Å²) in [6.45, 7) is 10.2. The first-order chi connectivity index (χ1) is 14.8. The number of hydrogen-bond acceptors (Lipinski definition) is 5. The average Bonchev–Trinajstić information content (AvgIpc) is 2.73. The highest BCUT2D eigenvalue weighted by Crippen LogP contribution is 2.30. The second kappa shape index (κ2) is 13.5. The molecule has 0 amide bonds. The van der Waals surface area contributed by atoms with Crippen molar-refractivity contribution in [2.75, 3.05) is 26.0 Å². The summed E-state index contributed by atoms with van der Waals surface area (Å²) in [5.74, 6) is 2.14. The second-order valence-corrected chi connectivity index (χ2v) is 9.07. The Morgan fingerprint density at radius 3 is 2.19 bits per heavy atom. The van der Waals surface area contributed by atoms with Crippen molar-refractivity contribution in [3.8, 4) is 11.5 Å². The van der Waals surface area contributed by atoms with Crippen LogP contribution in [0.2, 0.25) is 0 Å². The van der Waals surface area contributed by atoms with Gasteiger partial charge in [0.25, 0.3) is 0 Å². The average molecular weight is 576 g/mol. The van der Waals surface area contributed by atoms with Gasteiger partial charge in [0.1, 0.15) is 0 Å². The Morgan fingerprint density at radius 2 is 1.62 bits per heavy atom. The van der Waals surface area contributed by atoms with Gasteiger partial charge in [0.2, 0.25) is 0 Å². The van der Waals surface area contributed by atoms with Crippen LogP contribution in [0.25, 0.3) is 0 Å². The molecule has 0 aliphatic rings. The fourth-order valence-electron chi connectivity index (χ4n) is 2.96. The molecule has 32 heavy (non-hydrogen) atoms. The van der Waals surface area contributed by atoms with E-state index in [-0.39, 0.29) is 30.0 Å². The van der Waals surface area contributed by atoms with Gasteiger partial charge in [-0.3, -0.25) is 0 Å². The minimum atomic E-state index is -3.20. The van der Waals surface area contributed by atoms with E-state index >= 15 is 0 Å². The number of sulfone groups is 1. The van der Waals surface area contributed by atoms with Crippen LogP contribution in [0.1, 0.15) is 44.9 Å². The number of hydrogen-bond donors (Lipinski definition) is 2. The first-order valence-corrected chi connectivity index (χ1v) is 12.4. The highest BCUT2D eigenvalue weighted by atomic mass is 127. The maximum atomic E-state index is 11.6. The lowest BCUT2D eigenvalue weighted by atomic mass is 10.1. The Labute approximate surface area is 208 Å². The predicted molar refractivity (Wildman–Crippen MR) is 140 cm³/mol. The molecule has 0 radical (unpaired) electrons. The molecule has 0 aromatic heterocycles. The first kappa shape index (κ1) is 28.0. The lowest BCUT2D eigenvalue weighted by molar-refractivity contribution is 0.287. The van der Waals surface area contributed by atoms with Crippen molar-refractivity contribution in [2.45, 2.75) is 45.2 Å². The summed E-state index contributed by atoms with van der Waals surface area (Å²) in [5.41, 5.74) is 1.98. The molecule has 2 aromatic rings. The molecule has 1 atom stereocenters. The molecule has 0 heterocycles. The summed E-state index contributed by atoms with van der Waals surface area (Å²) in [4.78, 5) is 4.94. The fraction of sp³-hybridized carbons (Fsp3) is 0.435. The van der Waals surface area contributed by atoms with Crippen molar-refractivity contribution in [3.05, 3.63) is 53.6 Å². The van der Waals surface area contributed by atoms with E-state index < -0.39 is 9.84 Å². The third-order valence-corrected chi connectivity index (χ3v) is 5.66. The molecule has 2 aromatic carbocycles. The van der Waals surface area contributed by atoms with Crippen molar-refractivity contribution in [1.29, 1.82) is 0 Å². The molecule has 0 spiro atoms. The molecule has 0 bridgehead atoms. The molecule has 0 fully saturated rings. The maximum absolute atomic E-state index is 11.6. The van der Waals surface area contributed by atoms with Crippen LogP contribution >= 0.6 is 24.0 Å². The molecule has 0 aliphatic heterocycles. The van der Waals surface area contributed by atoms with Gasteiger partial charge in [-0.2, -0.15) is 0 Å². The van der Waals surface area contributed by atoms with Gasteiger partial charge in [0, 0.05) is 12.8 Å². The monoisotopic (exact) mass is 575 g/mol. The van der Waals surface area contributed by atoms with Crippen molar-refractivity contribution in [2.24, 2.45) is 4.99 Å². The molecule has 2 N–H and O–H groups in total. The first-order valence-electron chi connectivity index (χ1n) is 10.5. The standard InChI is InChI=1S/C23H33N3O4S.HI/c1-6-24-23(25-16-18-9-12-20(13-10-18)31(5,27)28)26-17(4)19-11-14-21(29-7-2)22(15-19)30-8-3;/h9-15,17H,6-8,16H2,1-5H3,(H2,24,25,26);1H. The van der Waals surface area contributed by atoms with Crippen LogP contribution < -0.4 is 20.1 Å². The lowest BCUT2D eigenvalue weighted by Gasteiger charge is -2.20. The molecule has 1 unspecified atom stereocenters. The minimum Gasteiger partial charge on any atom is -0.490 e. The molecule has 9 heteroatoms. The van der Waals surface area contributed by atoms with Crippen LogP contribution in [0.15, 0.2) is 52.4 Å². The summed E-state index contributed by atoms with van der Waals surface area (Å²) in [5, 5.41) is 6.66. The molecule has 178 valence electrons. The molecule has 0 saturated heterocycles. The van der Waals surface area contributed by atoms with Crippen LogP contribution in [-0.2, 0) is 16.4 Å². The fourth-order valence-corrected chi connectivity index (χ4v) is 3.59. The molecule has 7 nitrogen and oxygen atoms in total. The van der Waals surface area contributed by atoms with Gasteiger partial charge in [-0.15, -0.1) is 24.0 Å². The zero-order chi connectivity index (χ0) is 22.9. The van der Waals surface area contributed by atoms with Crippen LogP contribution in [0.5, 0.6) is 11.5 Å². The molecule has 0 aliphatic carbocycles. The Kier molecular flexibility index (Phi) is 11.8. The largest absolute Gasteiger partial charge is 0.490 e. The predicted octanol–water partition coefficient (Wildman–Crippen LogP) is 4.32. The Hall–Kier alpha value is -2.01. The van der Waals surface area contributed by atoms with Crippen LogP contribution in [0.3, 0.4) is 0 Å². The van der Waals surface area contributed by atoms with Gasteiger partial charge < -0.3 is 20.1 Å². The van der Waals surface area contributed by atoms with E-state index in [4.69, 9.17) is 9.47 Å². The van der Waals surface area contributed by atoms with Gasteiger partial charge in [0.15, 0.2) is 27.3 Å². The molecule has 0 saturated carbocycles. The third kappa shape index (κ3) is 8.50. The second-order valence-electron chi connectivity index (χ2n) is 7.05. The van der Waals surface area contributed by atoms with Crippen molar-refractivity contribution < 1.29 is 17.9 Å². The van der Waals surface area contributed by atoms with Crippen molar-refractivity contribution in [1.82, 2.24) is 10.6 Å². The third-order valence-electron chi connectivity index (χ3n) is 4.54. The Bertz CT molecular complexity index is 979. The van der Waals surface area contributed by atoms with Gasteiger partial charge in [-0.05, 0) is 63.1 Å². The summed E-state index contributed by atoms with van der Waals surface area (Å²) in [6.07, 6.45) is 1.20. The SMILES string of the molecule is CCNC(=NCc1ccc(S(C)(=O)=O)cc1)NC(C)c1ccc(OCC)c(OCC)c1.I. The van der Waals surface area contributed by atoms with E-state index in [1.54, 1.807) is 24.3 Å². The van der Waals surface area contributed by atoms with Crippen LogP contribution in [-0.4, -0.2) is 40.4 Å². The summed E-state index contributed by atoms with van der Waals surface area (Å²) >= 11 is 0. The zero-order valence-corrected chi connectivity index (χ0v) is 22.5. The van der Waals surface area contributed by atoms with Gasteiger partial charge in [-0.25, -0.2) is 13.4 Å². The molecule has 2 rings (SSSR count). The number of guanidine groups is 1. The van der Waals surface area contributed by atoms with Crippen molar-refractivity contribution in [3.63, 3.8) is 0 Å². The minimum absolute atomic E-state index is 0. The summed E-state index contributed by atoms with van der Waals surface area (Å²) in [7, 11) is -3.20. The number of benzene rings is 2. The number of nitrogens with zero attached hydrogens (tertiary/aromatic N) is 1. The highest BCUT2D eigenvalue weighted by molar-refractivity contribution is 14.0. The van der Waals surface area contributed by atoms with E-state index in [1.807, 2.05) is 39.0 Å². The topological polar surface area (TPSA) is 89.0 Å². The van der Waals surface area contributed by atoms with E-state index in [0.29, 0.717) is 30.6 Å². The Morgan fingerprint density at radius 1 is 1.00 bits per heavy atom. The summed E-state index contributed by atoms with van der Waals surface area (Å²) < 4.78 is 34.6. The van der Waals surface area contributed by atoms with Gasteiger partial charge in [-0.1, -0.05) is 18.2 Å². The Balaban J connectivity index is 0.00000512.